The van der Waals surface area contributed by atoms with Crippen LogP contribution in [0.15, 0.2) is 40.9 Å². The number of benzene rings is 1. The summed E-state index contributed by atoms with van der Waals surface area (Å²) in [6.07, 6.45) is 5.40. The van der Waals surface area contributed by atoms with Gasteiger partial charge in [-0.25, -0.2) is 9.97 Å². The van der Waals surface area contributed by atoms with Crippen molar-refractivity contribution in [1.29, 1.82) is 0 Å². The van der Waals surface area contributed by atoms with E-state index < -0.39 is 0 Å². The molecular formula is C22H25N3O4. The Morgan fingerprint density at radius 1 is 1.24 bits per heavy atom. The second-order valence-electron chi connectivity index (χ2n) is 7.52. The zero-order valence-corrected chi connectivity index (χ0v) is 16.7. The van der Waals surface area contributed by atoms with E-state index in [9.17, 15) is 4.79 Å². The number of hydrogen-bond acceptors (Lipinski definition) is 6. The molecule has 2 heterocycles. The van der Waals surface area contributed by atoms with E-state index in [0.29, 0.717) is 29.5 Å². The van der Waals surface area contributed by atoms with Gasteiger partial charge in [-0.15, -0.1) is 0 Å². The number of pyridine rings is 1. The number of nitrogens with one attached hydrogen (secondary N) is 1. The second kappa shape index (κ2) is 8.51. The lowest BCUT2D eigenvalue weighted by Gasteiger charge is -2.13. The van der Waals surface area contributed by atoms with E-state index in [1.54, 1.807) is 12.3 Å². The Labute approximate surface area is 169 Å². The molecular weight excluding hydrogens is 370 g/mol. The maximum absolute atomic E-state index is 11.0. The highest BCUT2D eigenvalue weighted by Crippen LogP contribution is 2.32. The van der Waals surface area contributed by atoms with Crippen molar-refractivity contribution in [2.45, 2.75) is 39.2 Å². The molecule has 1 fully saturated rings. The minimum Gasteiger partial charge on any atom is -0.494 e. The van der Waals surface area contributed by atoms with Gasteiger partial charge >= 0.3 is 0 Å². The standard InChI is InChI=1S/C22H25N3O4/c1-14(24-15(2)26)13-28-18-5-7-19(23-12-18)22-25-20-11-17(6-8-21(20)29-22)27-10-9-16-3-4-16/h5-8,11-12,14,16H,3-4,9-10,13H2,1-2H3,(H,24,26)/t14-/m0/s1. The van der Waals surface area contributed by atoms with Crippen molar-refractivity contribution in [3.05, 3.63) is 36.5 Å². The SMILES string of the molecule is CC(=O)N[C@@H](C)COc1ccc(-c2nc3cc(OCCC4CC4)ccc3o2)nc1. The van der Waals surface area contributed by atoms with Gasteiger partial charge in [-0.3, -0.25) is 4.79 Å². The third kappa shape index (κ3) is 5.25. The maximum atomic E-state index is 11.0. The normalized spacial score (nSPS) is 14.6. The van der Waals surface area contributed by atoms with Crippen LogP contribution in [-0.2, 0) is 4.79 Å². The Bertz CT molecular complexity index is 979. The molecule has 0 aliphatic heterocycles. The van der Waals surface area contributed by atoms with E-state index in [-0.39, 0.29) is 11.9 Å². The van der Waals surface area contributed by atoms with Gasteiger partial charge < -0.3 is 19.2 Å². The van der Waals surface area contributed by atoms with Gasteiger partial charge in [0.25, 0.3) is 0 Å². The summed E-state index contributed by atoms with van der Waals surface area (Å²) in [7, 11) is 0. The first-order valence-electron chi connectivity index (χ1n) is 9.96. The van der Waals surface area contributed by atoms with Crippen LogP contribution in [0.3, 0.4) is 0 Å². The van der Waals surface area contributed by atoms with E-state index in [4.69, 9.17) is 13.9 Å². The van der Waals surface area contributed by atoms with Gasteiger partial charge in [0, 0.05) is 13.0 Å². The molecule has 0 saturated heterocycles. The van der Waals surface area contributed by atoms with E-state index in [0.717, 1.165) is 30.2 Å². The fourth-order valence-electron chi connectivity index (χ4n) is 3.06. The van der Waals surface area contributed by atoms with Gasteiger partial charge in [0.1, 0.15) is 29.3 Å². The lowest BCUT2D eigenvalue weighted by molar-refractivity contribution is -0.119. The number of amides is 1. The summed E-state index contributed by atoms with van der Waals surface area (Å²) in [6.45, 7) is 4.47. The first kappa shape index (κ1) is 19.2. The highest BCUT2D eigenvalue weighted by atomic mass is 16.5. The van der Waals surface area contributed by atoms with Gasteiger partial charge in [-0.05, 0) is 43.5 Å². The third-order valence-electron chi connectivity index (χ3n) is 4.76. The summed E-state index contributed by atoms with van der Waals surface area (Å²) < 4.78 is 17.3. The monoisotopic (exact) mass is 395 g/mol. The Hall–Kier alpha value is -3.09. The van der Waals surface area contributed by atoms with Crippen LogP contribution in [0.1, 0.15) is 33.1 Å². The van der Waals surface area contributed by atoms with Crippen LogP contribution in [0.5, 0.6) is 11.5 Å². The van der Waals surface area contributed by atoms with Crippen molar-refractivity contribution in [3.8, 4) is 23.1 Å². The van der Waals surface area contributed by atoms with Crippen LogP contribution < -0.4 is 14.8 Å². The number of nitrogens with zero attached hydrogens (tertiary/aromatic N) is 2. The predicted molar refractivity (Wildman–Crippen MR) is 109 cm³/mol. The number of ether oxygens (including phenoxy) is 2. The van der Waals surface area contributed by atoms with Crippen molar-refractivity contribution in [2.75, 3.05) is 13.2 Å². The Morgan fingerprint density at radius 3 is 2.79 bits per heavy atom. The average molecular weight is 395 g/mol. The molecule has 1 amide bonds. The molecule has 3 aromatic rings. The first-order valence-corrected chi connectivity index (χ1v) is 9.96. The molecule has 0 radical (unpaired) electrons. The van der Waals surface area contributed by atoms with Crippen LogP contribution in [0, 0.1) is 5.92 Å². The molecule has 4 rings (SSSR count). The molecule has 0 bridgehead atoms. The largest absolute Gasteiger partial charge is 0.494 e. The number of aromatic nitrogens is 2. The minimum atomic E-state index is -0.0815. The predicted octanol–water partition coefficient (Wildman–Crippen LogP) is 3.97. The fraction of sp³-hybridized carbons (Fsp3) is 0.409. The van der Waals surface area contributed by atoms with E-state index in [1.165, 1.54) is 19.8 Å². The molecule has 2 aromatic heterocycles. The molecule has 1 N–H and O–H groups in total. The van der Waals surface area contributed by atoms with E-state index >= 15 is 0 Å². The van der Waals surface area contributed by atoms with Gasteiger partial charge in [0.05, 0.1) is 18.8 Å². The number of hydrogen-bond donors (Lipinski definition) is 1. The molecule has 1 aliphatic carbocycles. The Morgan fingerprint density at radius 2 is 2.07 bits per heavy atom. The van der Waals surface area contributed by atoms with Crippen LogP contribution >= 0.6 is 0 Å². The molecule has 1 aliphatic rings. The summed E-state index contributed by atoms with van der Waals surface area (Å²) in [6, 6.07) is 9.21. The molecule has 1 aromatic carbocycles. The molecule has 0 spiro atoms. The summed E-state index contributed by atoms with van der Waals surface area (Å²) >= 11 is 0. The lowest BCUT2D eigenvalue weighted by atomic mass is 10.3. The Balaban J connectivity index is 1.38. The van der Waals surface area contributed by atoms with E-state index in [2.05, 4.69) is 15.3 Å². The number of fused-ring (bicyclic) bond motifs is 1. The zero-order valence-electron chi connectivity index (χ0n) is 16.7. The number of carbonyl (C=O) groups is 1. The molecule has 7 nitrogen and oxygen atoms in total. The Kier molecular flexibility index (Phi) is 5.64. The summed E-state index contributed by atoms with van der Waals surface area (Å²) in [5.74, 6) is 2.65. The second-order valence-corrected chi connectivity index (χ2v) is 7.52. The van der Waals surface area contributed by atoms with E-state index in [1.807, 2.05) is 31.2 Å². The molecule has 0 unspecified atom stereocenters. The van der Waals surface area contributed by atoms with Crippen LogP contribution in [0.4, 0.5) is 0 Å². The number of carbonyl (C=O) groups excluding carboxylic acids is 1. The number of rotatable bonds is 9. The average Bonchev–Trinajstić information content (AvgIpc) is 3.42. The van der Waals surface area contributed by atoms with Crippen molar-refractivity contribution >= 4 is 17.0 Å². The zero-order chi connectivity index (χ0) is 20.2. The van der Waals surface area contributed by atoms with Crippen LogP contribution in [-0.4, -0.2) is 35.1 Å². The van der Waals surface area contributed by atoms with Crippen molar-refractivity contribution in [2.24, 2.45) is 5.92 Å². The summed E-state index contributed by atoms with van der Waals surface area (Å²) in [4.78, 5) is 20.0. The van der Waals surface area contributed by atoms with Gasteiger partial charge in [-0.1, -0.05) is 12.8 Å². The topological polar surface area (TPSA) is 86.5 Å². The molecule has 7 heteroatoms. The smallest absolute Gasteiger partial charge is 0.246 e. The van der Waals surface area contributed by atoms with Gasteiger partial charge in [0.2, 0.25) is 11.8 Å². The molecule has 152 valence electrons. The van der Waals surface area contributed by atoms with Crippen molar-refractivity contribution in [1.82, 2.24) is 15.3 Å². The maximum Gasteiger partial charge on any atom is 0.246 e. The highest BCUT2D eigenvalue weighted by Gasteiger charge is 2.20. The lowest BCUT2D eigenvalue weighted by Crippen LogP contribution is -2.35. The van der Waals surface area contributed by atoms with Gasteiger partial charge in [0.15, 0.2) is 5.58 Å². The van der Waals surface area contributed by atoms with Crippen molar-refractivity contribution < 1.29 is 18.7 Å². The molecule has 1 saturated carbocycles. The minimum absolute atomic E-state index is 0.0788. The third-order valence-corrected chi connectivity index (χ3v) is 4.76. The van der Waals surface area contributed by atoms with Gasteiger partial charge in [-0.2, -0.15) is 0 Å². The quantitative estimate of drug-likeness (QED) is 0.590. The highest BCUT2D eigenvalue weighted by molar-refractivity contribution is 5.77. The summed E-state index contributed by atoms with van der Waals surface area (Å²) in [5, 5.41) is 2.77. The van der Waals surface area contributed by atoms with Crippen LogP contribution in [0.2, 0.25) is 0 Å². The fourth-order valence-corrected chi connectivity index (χ4v) is 3.06. The molecule has 1 atom stereocenters. The summed E-state index contributed by atoms with van der Waals surface area (Å²) in [5.41, 5.74) is 2.07. The first-order chi connectivity index (χ1) is 14.1. The molecule has 29 heavy (non-hydrogen) atoms. The van der Waals surface area contributed by atoms with Crippen molar-refractivity contribution in [3.63, 3.8) is 0 Å². The van der Waals surface area contributed by atoms with Crippen LogP contribution in [0.25, 0.3) is 22.7 Å². The number of oxazole rings is 1.